The average Bonchev–Trinajstić information content (AvgIpc) is 3.14. The maximum atomic E-state index is 13.5. The van der Waals surface area contributed by atoms with E-state index in [-0.39, 0.29) is 5.56 Å². The molecule has 140 valence electrons. The third kappa shape index (κ3) is 3.50. The lowest BCUT2D eigenvalue weighted by molar-refractivity contribution is 0.508. The van der Waals surface area contributed by atoms with Gasteiger partial charge in [-0.15, -0.1) is 23.1 Å². The highest BCUT2D eigenvalue weighted by atomic mass is 32.2. The average molecular weight is 412 g/mol. The molecule has 0 fully saturated rings. The summed E-state index contributed by atoms with van der Waals surface area (Å²) in [5.41, 5.74) is 2.06. The maximum absolute atomic E-state index is 13.5. The Labute approximate surface area is 167 Å². The Bertz CT molecular complexity index is 1250. The minimum atomic E-state index is -0.920. The van der Waals surface area contributed by atoms with E-state index in [4.69, 9.17) is 0 Å². The number of fused-ring (bicyclic) bond motifs is 1. The molecule has 0 aliphatic rings. The van der Waals surface area contributed by atoms with Gasteiger partial charge in [-0.3, -0.25) is 4.79 Å². The molecule has 0 aliphatic heterocycles. The largest absolute Gasteiger partial charge is 0.305 e. The molecule has 0 saturated heterocycles. The molecule has 7 heteroatoms. The van der Waals surface area contributed by atoms with Gasteiger partial charge in [0.15, 0.2) is 11.6 Å². The molecule has 4 aromatic rings. The Morgan fingerprint density at radius 1 is 1.14 bits per heavy atom. The topological polar surface area (TPSA) is 45.8 Å². The highest BCUT2D eigenvalue weighted by molar-refractivity contribution is 8.07. The number of benzene rings is 2. The van der Waals surface area contributed by atoms with Gasteiger partial charge >= 0.3 is 0 Å². The van der Waals surface area contributed by atoms with Crippen LogP contribution in [0, 0.1) is 11.6 Å². The van der Waals surface area contributed by atoms with Crippen molar-refractivity contribution in [1.82, 2.24) is 9.97 Å². The smallest absolute Gasteiger partial charge is 0.260 e. The fourth-order valence-electron chi connectivity index (χ4n) is 2.87. The predicted octanol–water partition coefficient (Wildman–Crippen LogP) is 5.79. The summed E-state index contributed by atoms with van der Waals surface area (Å²) in [6.45, 7) is 0. The second-order valence-electron chi connectivity index (χ2n) is 6.00. The molecule has 2 aromatic heterocycles. The van der Waals surface area contributed by atoms with Crippen LogP contribution < -0.4 is 5.56 Å². The molecular formula is C21H14F2N2OS2. The van der Waals surface area contributed by atoms with Crippen LogP contribution in [0.5, 0.6) is 0 Å². The number of aromatic nitrogens is 2. The normalized spacial score (nSPS) is 11.9. The van der Waals surface area contributed by atoms with E-state index in [1.165, 1.54) is 29.2 Å². The van der Waals surface area contributed by atoms with Gasteiger partial charge < -0.3 is 4.98 Å². The highest BCUT2D eigenvalue weighted by Gasteiger charge is 2.14. The van der Waals surface area contributed by atoms with Crippen molar-refractivity contribution in [3.05, 3.63) is 87.3 Å². The first kappa shape index (κ1) is 18.6. The van der Waals surface area contributed by atoms with E-state index in [1.807, 2.05) is 42.0 Å². The van der Waals surface area contributed by atoms with Crippen molar-refractivity contribution in [3.8, 4) is 11.1 Å². The van der Waals surface area contributed by atoms with Gasteiger partial charge in [-0.2, -0.15) is 0 Å². The molecule has 28 heavy (non-hydrogen) atoms. The summed E-state index contributed by atoms with van der Waals surface area (Å²) in [5.74, 6) is -1.42. The quantitative estimate of drug-likeness (QED) is 0.461. The monoisotopic (exact) mass is 412 g/mol. The van der Waals surface area contributed by atoms with Gasteiger partial charge in [-0.1, -0.05) is 36.4 Å². The predicted molar refractivity (Wildman–Crippen MR) is 113 cm³/mol. The Kier molecular flexibility index (Phi) is 5.11. The number of nitrogens with one attached hydrogen (secondary N) is 1. The molecule has 0 atom stereocenters. The van der Waals surface area contributed by atoms with Gasteiger partial charge in [0.25, 0.3) is 5.56 Å². The molecule has 3 nitrogen and oxygen atoms in total. The standard InChI is InChI=1S/C21H14F2N2OS2/c1-27-17(10-12-7-8-15(22)16(23)9-12)19-24-20(26)18-14(11-28-21(18)25-19)13-5-3-2-4-6-13/h2-11H,1H3,(H,24,25,26)/b17-10-. The summed E-state index contributed by atoms with van der Waals surface area (Å²) in [7, 11) is 0. The summed E-state index contributed by atoms with van der Waals surface area (Å²) >= 11 is 2.76. The summed E-state index contributed by atoms with van der Waals surface area (Å²) in [6.07, 6.45) is 3.50. The lowest BCUT2D eigenvalue weighted by atomic mass is 10.1. The van der Waals surface area contributed by atoms with Crippen LogP contribution in [-0.2, 0) is 0 Å². The fourth-order valence-corrected chi connectivity index (χ4v) is 4.37. The Hall–Kier alpha value is -2.77. The molecule has 0 aliphatic carbocycles. The summed E-state index contributed by atoms with van der Waals surface area (Å²) < 4.78 is 26.6. The number of thiophene rings is 1. The van der Waals surface area contributed by atoms with Crippen LogP contribution in [0.2, 0.25) is 0 Å². The van der Waals surface area contributed by atoms with Crippen molar-refractivity contribution >= 4 is 44.3 Å². The molecular weight excluding hydrogens is 398 g/mol. The van der Waals surface area contributed by atoms with E-state index in [0.717, 1.165) is 23.3 Å². The number of thioether (sulfide) groups is 1. The van der Waals surface area contributed by atoms with E-state index in [1.54, 1.807) is 6.08 Å². The lowest BCUT2D eigenvalue weighted by Crippen LogP contribution is -2.10. The molecule has 4 rings (SSSR count). The first-order valence-corrected chi connectivity index (χ1v) is 10.5. The van der Waals surface area contributed by atoms with Gasteiger partial charge in [0, 0.05) is 10.9 Å². The summed E-state index contributed by atoms with van der Waals surface area (Å²) in [5, 5.41) is 2.47. The Morgan fingerprint density at radius 2 is 1.93 bits per heavy atom. The van der Waals surface area contributed by atoms with E-state index >= 15 is 0 Å². The number of H-pyrrole nitrogens is 1. The van der Waals surface area contributed by atoms with Crippen molar-refractivity contribution in [2.24, 2.45) is 0 Å². The van der Waals surface area contributed by atoms with Gasteiger partial charge in [-0.05, 0) is 35.6 Å². The first-order valence-electron chi connectivity index (χ1n) is 8.35. The highest BCUT2D eigenvalue weighted by Crippen LogP contribution is 2.32. The van der Waals surface area contributed by atoms with Crippen molar-refractivity contribution < 1.29 is 8.78 Å². The van der Waals surface area contributed by atoms with Crippen LogP contribution in [0.4, 0.5) is 8.78 Å². The van der Waals surface area contributed by atoms with Crippen LogP contribution in [0.1, 0.15) is 11.4 Å². The minimum absolute atomic E-state index is 0.231. The third-order valence-electron chi connectivity index (χ3n) is 4.22. The van der Waals surface area contributed by atoms with Crippen LogP contribution in [0.15, 0.2) is 58.7 Å². The molecule has 0 unspecified atom stereocenters. The van der Waals surface area contributed by atoms with Gasteiger partial charge in [0.1, 0.15) is 10.7 Å². The summed E-state index contributed by atoms with van der Waals surface area (Å²) in [4.78, 5) is 21.5. The van der Waals surface area contributed by atoms with Crippen LogP contribution in [-0.4, -0.2) is 16.2 Å². The molecule has 0 amide bonds. The third-order valence-corrected chi connectivity index (χ3v) is 5.85. The number of halogens is 2. The zero-order chi connectivity index (χ0) is 19.7. The zero-order valence-electron chi connectivity index (χ0n) is 14.7. The van der Waals surface area contributed by atoms with Crippen LogP contribution in [0.3, 0.4) is 0 Å². The van der Waals surface area contributed by atoms with E-state index in [0.29, 0.717) is 26.5 Å². The molecule has 0 spiro atoms. The van der Waals surface area contributed by atoms with E-state index in [9.17, 15) is 13.6 Å². The molecule has 0 radical (unpaired) electrons. The Morgan fingerprint density at radius 3 is 2.64 bits per heavy atom. The zero-order valence-corrected chi connectivity index (χ0v) is 16.3. The molecule has 1 N–H and O–H groups in total. The van der Waals surface area contributed by atoms with Crippen molar-refractivity contribution in [3.63, 3.8) is 0 Å². The number of hydrogen-bond donors (Lipinski definition) is 1. The molecule has 0 bridgehead atoms. The fraction of sp³-hybridized carbons (Fsp3) is 0.0476. The molecule has 0 saturated carbocycles. The second kappa shape index (κ2) is 7.69. The SMILES string of the molecule is CS/C(=C\c1ccc(F)c(F)c1)c1nc2scc(-c3ccccc3)c2c(=O)[nH]1. The number of rotatable bonds is 4. The number of aromatic amines is 1. The van der Waals surface area contributed by atoms with Crippen molar-refractivity contribution in [1.29, 1.82) is 0 Å². The molecule has 2 aromatic carbocycles. The second-order valence-corrected chi connectivity index (χ2v) is 7.70. The van der Waals surface area contributed by atoms with E-state index < -0.39 is 11.6 Å². The summed E-state index contributed by atoms with van der Waals surface area (Å²) in [6, 6.07) is 13.3. The Balaban J connectivity index is 1.81. The first-order chi connectivity index (χ1) is 13.6. The van der Waals surface area contributed by atoms with Crippen LogP contribution >= 0.6 is 23.1 Å². The van der Waals surface area contributed by atoms with E-state index in [2.05, 4.69) is 9.97 Å². The lowest BCUT2D eigenvalue weighted by Gasteiger charge is -2.05. The van der Waals surface area contributed by atoms with Gasteiger partial charge in [0.05, 0.1) is 10.3 Å². The van der Waals surface area contributed by atoms with Crippen molar-refractivity contribution in [2.75, 3.05) is 6.26 Å². The minimum Gasteiger partial charge on any atom is -0.305 e. The number of hydrogen-bond acceptors (Lipinski definition) is 4. The van der Waals surface area contributed by atoms with Gasteiger partial charge in [0.2, 0.25) is 0 Å². The number of nitrogens with zero attached hydrogens (tertiary/aromatic N) is 1. The van der Waals surface area contributed by atoms with Gasteiger partial charge in [-0.25, -0.2) is 13.8 Å². The molecule has 2 heterocycles. The van der Waals surface area contributed by atoms with Crippen molar-refractivity contribution in [2.45, 2.75) is 0 Å². The maximum Gasteiger partial charge on any atom is 0.260 e. The van der Waals surface area contributed by atoms with Crippen LogP contribution in [0.25, 0.3) is 32.3 Å².